The lowest BCUT2D eigenvalue weighted by molar-refractivity contribution is 0.551. The van der Waals surface area contributed by atoms with E-state index in [-0.39, 0.29) is 11.2 Å². The molecule has 1 nitrogen and oxygen atoms in total. The van der Waals surface area contributed by atoms with Crippen LogP contribution in [0.4, 0.5) is 8.78 Å². The van der Waals surface area contributed by atoms with Crippen LogP contribution in [-0.2, 0) is 6.42 Å². The molecule has 0 aliphatic heterocycles. The smallest absolute Gasteiger partial charge is 0.129 e. The van der Waals surface area contributed by atoms with Crippen LogP contribution in [0.15, 0.2) is 18.2 Å². The van der Waals surface area contributed by atoms with E-state index in [9.17, 15) is 8.78 Å². The molecule has 0 amide bonds. The van der Waals surface area contributed by atoms with Gasteiger partial charge in [0.1, 0.15) is 11.6 Å². The van der Waals surface area contributed by atoms with Gasteiger partial charge in [0.05, 0.1) is 8.80 Å². The maximum atomic E-state index is 13.2. The molecule has 2 N–H and O–H groups in total. The first-order chi connectivity index (χ1) is 6.52. The molecule has 0 radical (unpaired) electrons. The van der Waals surface area contributed by atoms with E-state index in [2.05, 4.69) is 13.1 Å². The van der Waals surface area contributed by atoms with Gasteiger partial charge in [-0.05, 0) is 24.2 Å². The molecule has 0 aliphatic carbocycles. The number of hydrogen-bond acceptors (Lipinski definition) is 1. The molecule has 4 heteroatoms. The first-order valence-corrected chi connectivity index (χ1v) is 7.68. The summed E-state index contributed by atoms with van der Waals surface area (Å²) in [6.07, 6.45) is 0.308. The largest absolute Gasteiger partial charge is 0.330 e. The van der Waals surface area contributed by atoms with Gasteiger partial charge in [-0.25, -0.2) is 8.78 Å². The average molecular weight is 215 g/mol. The van der Waals surface area contributed by atoms with Gasteiger partial charge in [-0.3, -0.25) is 0 Å². The zero-order valence-electron chi connectivity index (χ0n) is 8.43. The Morgan fingerprint density at radius 2 is 1.79 bits per heavy atom. The van der Waals surface area contributed by atoms with Crippen molar-refractivity contribution in [1.29, 1.82) is 0 Å². The van der Waals surface area contributed by atoms with Crippen LogP contribution >= 0.6 is 0 Å². The van der Waals surface area contributed by atoms with Gasteiger partial charge in [-0.1, -0.05) is 19.2 Å². The third kappa shape index (κ3) is 2.62. The average Bonchev–Trinajstić information content (AvgIpc) is 2.11. The third-order valence-electron chi connectivity index (χ3n) is 2.36. The fourth-order valence-electron chi connectivity index (χ4n) is 1.20. The zero-order valence-corrected chi connectivity index (χ0v) is 9.58. The minimum Gasteiger partial charge on any atom is -0.330 e. The monoisotopic (exact) mass is 215 g/mol. The van der Waals surface area contributed by atoms with Gasteiger partial charge >= 0.3 is 0 Å². The normalized spacial score (nSPS) is 13.3. The van der Waals surface area contributed by atoms with Crippen LogP contribution in [0.5, 0.6) is 0 Å². The Hall–Kier alpha value is -0.743. The summed E-state index contributed by atoms with van der Waals surface area (Å²) in [7, 11) is -1.03. The highest BCUT2D eigenvalue weighted by Crippen LogP contribution is 2.14. The Kier molecular flexibility index (Phi) is 3.77. The summed E-state index contributed by atoms with van der Waals surface area (Å²) < 4.78 is 26.4. The lowest BCUT2D eigenvalue weighted by atomic mass is 10.1. The lowest BCUT2D eigenvalue weighted by Crippen LogP contribution is -2.36. The Labute approximate surface area is 84.5 Å². The van der Waals surface area contributed by atoms with Crippen molar-refractivity contribution in [1.82, 2.24) is 0 Å². The van der Waals surface area contributed by atoms with Gasteiger partial charge in [0.25, 0.3) is 0 Å². The van der Waals surface area contributed by atoms with Crippen LogP contribution < -0.4 is 5.73 Å². The van der Waals surface area contributed by atoms with E-state index in [4.69, 9.17) is 5.73 Å². The molecule has 1 aromatic carbocycles. The van der Waals surface area contributed by atoms with Crippen LogP contribution in [0.2, 0.25) is 13.1 Å². The maximum Gasteiger partial charge on any atom is 0.129 e. The molecule has 0 bridgehead atoms. The highest BCUT2D eigenvalue weighted by molar-refractivity contribution is 6.57. The number of rotatable bonds is 3. The molecular formula is C10H15F2NSi. The van der Waals surface area contributed by atoms with Gasteiger partial charge in [-0.2, -0.15) is 0 Å². The first kappa shape index (κ1) is 11.3. The molecule has 0 aliphatic rings. The maximum absolute atomic E-state index is 13.2. The van der Waals surface area contributed by atoms with E-state index in [1.807, 2.05) is 0 Å². The molecular weight excluding hydrogens is 200 g/mol. The minimum atomic E-state index is -1.03. The van der Waals surface area contributed by atoms with Crippen LogP contribution in [0.1, 0.15) is 5.56 Å². The predicted octanol–water partition coefficient (Wildman–Crippen LogP) is 1.86. The third-order valence-corrected chi connectivity index (χ3v) is 4.31. The molecule has 1 unspecified atom stereocenters. The summed E-state index contributed by atoms with van der Waals surface area (Å²) in [6, 6.07) is 3.91. The second-order valence-electron chi connectivity index (χ2n) is 3.81. The van der Waals surface area contributed by atoms with Crippen LogP contribution in [-0.4, -0.2) is 14.5 Å². The van der Waals surface area contributed by atoms with E-state index >= 15 is 0 Å². The summed E-state index contributed by atoms with van der Waals surface area (Å²) in [6.45, 7) is 4.15. The summed E-state index contributed by atoms with van der Waals surface area (Å²) >= 11 is 0. The number of halogens is 2. The van der Waals surface area contributed by atoms with Crippen LogP contribution in [0, 0.1) is 11.6 Å². The summed E-state index contributed by atoms with van der Waals surface area (Å²) in [5, 5.41) is 0. The van der Waals surface area contributed by atoms with Crippen molar-refractivity contribution < 1.29 is 8.78 Å². The van der Waals surface area contributed by atoms with E-state index < -0.39 is 20.4 Å². The molecule has 1 atom stereocenters. The van der Waals surface area contributed by atoms with Gasteiger partial charge in [0.2, 0.25) is 0 Å². The molecule has 0 saturated carbocycles. The molecule has 0 saturated heterocycles. The second kappa shape index (κ2) is 4.66. The fourth-order valence-corrected chi connectivity index (χ4v) is 1.91. The molecule has 0 fully saturated rings. The van der Waals surface area contributed by atoms with Gasteiger partial charge < -0.3 is 5.73 Å². The summed E-state index contributed by atoms with van der Waals surface area (Å²) in [4.78, 5) is 0. The first-order valence-electron chi connectivity index (χ1n) is 4.71. The highest BCUT2D eigenvalue weighted by Gasteiger charge is 2.15. The van der Waals surface area contributed by atoms with E-state index in [1.54, 1.807) is 0 Å². The minimum absolute atomic E-state index is 0.0681. The Balaban J connectivity index is 2.85. The fraction of sp³-hybridized carbons (Fsp3) is 0.400. The van der Waals surface area contributed by atoms with Crippen molar-refractivity contribution in [3.05, 3.63) is 35.4 Å². The zero-order chi connectivity index (χ0) is 10.7. The van der Waals surface area contributed by atoms with E-state index in [0.29, 0.717) is 6.42 Å². The van der Waals surface area contributed by atoms with Crippen molar-refractivity contribution in [2.75, 3.05) is 0 Å². The second-order valence-corrected chi connectivity index (χ2v) is 7.16. The van der Waals surface area contributed by atoms with Gasteiger partial charge in [0.15, 0.2) is 0 Å². The molecule has 0 spiro atoms. The molecule has 14 heavy (non-hydrogen) atoms. The van der Waals surface area contributed by atoms with Crippen molar-refractivity contribution in [2.24, 2.45) is 5.73 Å². The van der Waals surface area contributed by atoms with Crippen LogP contribution in [0.25, 0.3) is 0 Å². The van der Waals surface area contributed by atoms with Crippen LogP contribution in [0.3, 0.4) is 0 Å². The van der Waals surface area contributed by atoms with Crippen molar-refractivity contribution in [3.63, 3.8) is 0 Å². The molecule has 78 valence electrons. The van der Waals surface area contributed by atoms with Gasteiger partial charge in [0, 0.05) is 5.56 Å². The standard InChI is InChI=1S/C10H15F2NSi/c1-14(2)10(13)6-7-8(11)4-3-5-9(7)12/h3-5,10,14H,6,13H2,1-2H3. The van der Waals surface area contributed by atoms with Gasteiger partial charge in [-0.15, -0.1) is 0 Å². The topological polar surface area (TPSA) is 26.0 Å². The Bertz CT molecular complexity index is 295. The number of nitrogens with two attached hydrogens (primary N) is 1. The van der Waals surface area contributed by atoms with E-state index in [1.165, 1.54) is 18.2 Å². The number of hydrogen-bond donors (Lipinski definition) is 1. The van der Waals surface area contributed by atoms with Crippen molar-refractivity contribution >= 4 is 8.80 Å². The van der Waals surface area contributed by atoms with E-state index in [0.717, 1.165) is 0 Å². The molecule has 0 aromatic heterocycles. The quantitative estimate of drug-likeness (QED) is 0.765. The lowest BCUT2D eigenvalue weighted by Gasteiger charge is -2.15. The molecule has 1 rings (SSSR count). The highest BCUT2D eigenvalue weighted by atomic mass is 28.3. The predicted molar refractivity (Wildman–Crippen MR) is 56.9 cm³/mol. The number of benzene rings is 1. The summed E-state index contributed by atoms with van der Waals surface area (Å²) in [5.74, 6) is -0.981. The Morgan fingerprint density at radius 3 is 2.21 bits per heavy atom. The molecule has 0 heterocycles. The van der Waals surface area contributed by atoms with Crippen molar-refractivity contribution in [3.8, 4) is 0 Å². The molecule has 1 aromatic rings. The summed E-state index contributed by atoms with van der Waals surface area (Å²) in [5.41, 5.74) is 5.87. The Morgan fingerprint density at radius 1 is 1.29 bits per heavy atom. The van der Waals surface area contributed by atoms with Crippen molar-refractivity contribution in [2.45, 2.75) is 25.2 Å². The SMILES string of the molecule is C[SiH](C)C(N)Cc1c(F)cccc1F.